The summed E-state index contributed by atoms with van der Waals surface area (Å²) in [4.78, 5) is 8.14. The van der Waals surface area contributed by atoms with E-state index in [4.69, 9.17) is 4.74 Å². The van der Waals surface area contributed by atoms with E-state index in [0.717, 1.165) is 37.8 Å². The minimum atomic E-state index is 0.171. The van der Waals surface area contributed by atoms with Crippen molar-refractivity contribution >= 4 is 11.3 Å². The van der Waals surface area contributed by atoms with Crippen molar-refractivity contribution in [2.45, 2.75) is 19.6 Å². The molecule has 0 aliphatic carbocycles. The molecule has 1 atom stereocenters. The molecule has 1 saturated heterocycles. The van der Waals surface area contributed by atoms with Gasteiger partial charge in [-0.05, 0) is 13.6 Å². The molecule has 1 unspecified atom stereocenters. The van der Waals surface area contributed by atoms with Gasteiger partial charge in [-0.25, -0.2) is 4.98 Å². The normalized spacial score (nSPS) is 22.5. The minimum Gasteiger partial charge on any atom is -0.368 e. The maximum absolute atomic E-state index is 5.77. The molecule has 0 saturated carbocycles. The summed E-state index contributed by atoms with van der Waals surface area (Å²) in [6, 6.07) is 0. The molecule has 0 aromatic carbocycles. The topological polar surface area (TPSA) is 37.4 Å². The van der Waals surface area contributed by atoms with Crippen LogP contribution in [0.3, 0.4) is 0 Å². The van der Waals surface area contributed by atoms with Crippen molar-refractivity contribution in [1.29, 1.82) is 0 Å². The van der Waals surface area contributed by atoms with E-state index in [1.165, 1.54) is 4.88 Å². The molecule has 1 aliphatic heterocycles. The maximum Gasteiger partial charge on any atom is 0.123 e. The molecule has 4 nitrogen and oxygen atoms in total. The Morgan fingerprint density at radius 3 is 3.31 bits per heavy atom. The molecule has 1 aromatic heterocycles. The van der Waals surface area contributed by atoms with Crippen LogP contribution >= 0.6 is 11.3 Å². The second-order valence-corrected chi connectivity index (χ2v) is 5.09. The van der Waals surface area contributed by atoms with Crippen LogP contribution in [0.5, 0.6) is 0 Å². The lowest BCUT2D eigenvalue weighted by molar-refractivity contribution is -0.0282. The Balaban J connectivity index is 1.99. The summed E-state index contributed by atoms with van der Waals surface area (Å²) in [5, 5.41) is 4.25. The first-order chi connectivity index (χ1) is 7.83. The molecule has 1 fully saturated rings. The lowest BCUT2D eigenvalue weighted by Crippen LogP contribution is -2.37. The Bertz CT molecular complexity index is 329. The summed E-state index contributed by atoms with van der Waals surface area (Å²) < 4.78 is 5.77. The van der Waals surface area contributed by atoms with Crippen LogP contribution in [0.1, 0.15) is 22.9 Å². The highest BCUT2D eigenvalue weighted by Crippen LogP contribution is 2.26. The van der Waals surface area contributed by atoms with Gasteiger partial charge in [0.15, 0.2) is 0 Å². The Morgan fingerprint density at radius 2 is 2.56 bits per heavy atom. The number of nitrogens with one attached hydrogen (secondary N) is 1. The van der Waals surface area contributed by atoms with Gasteiger partial charge in [-0.2, -0.15) is 0 Å². The number of aromatic nitrogens is 1. The van der Waals surface area contributed by atoms with Gasteiger partial charge in [0, 0.05) is 30.7 Å². The quantitative estimate of drug-likeness (QED) is 0.861. The standard InChI is InChI=1S/C11H19N3OS/c1-3-14-4-5-15-10(8-14)11-13-7-9(16-11)6-12-2/h7,10,12H,3-6,8H2,1-2H3. The average molecular weight is 241 g/mol. The summed E-state index contributed by atoms with van der Waals surface area (Å²) in [6.45, 7) is 7.01. The van der Waals surface area contributed by atoms with Crippen molar-refractivity contribution in [3.63, 3.8) is 0 Å². The monoisotopic (exact) mass is 241 g/mol. The smallest absolute Gasteiger partial charge is 0.123 e. The summed E-state index contributed by atoms with van der Waals surface area (Å²) in [5.74, 6) is 0. The van der Waals surface area contributed by atoms with Crippen LogP contribution in [0.15, 0.2) is 6.20 Å². The molecule has 1 aliphatic rings. The van der Waals surface area contributed by atoms with E-state index in [1.807, 2.05) is 13.2 Å². The third-order valence-corrected chi connectivity index (χ3v) is 3.89. The molecule has 1 aromatic rings. The van der Waals surface area contributed by atoms with Gasteiger partial charge in [0.1, 0.15) is 11.1 Å². The van der Waals surface area contributed by atoms with Gasteiger partial charge in [-0.15, -0.1) is 11.3 Å². The zero-order chi connectivity index (χ0) is 11.4. The summed E-state index contributed by atoms with van der Waals surface area (Å²) >= 11 is 1.75. The van der Waals surface area contributed by atoms with Gasteiger partial charge in [0.25, 0.3) is 0 Å². The highest BCUT2D eigenvalue weighted by molar-refractivity contribution is 7.11. The summed E-state index contributed by atoms with van der Waals surface area (Å²) in [7, 11) is 1.95. The number of nitrogens with zero attached hydrogens (tertiary/aromatic N) is 2. The van der Waals surface area contributed by atoms with Gasteiger partial charge < -0.3 is 10.1 Å². The van der Waals surface area contributed by atoms with Crippen LogP contribution in [0.4, 0.5) is 0 Å². The van der Waals surface area contributed by atoms with Gasteiger partial charge >= 0.3 is 0 Å². The molecule has 16 heavy (non-hydrogen) atoms. The predicted octanol–water partition coefficient (Wildman–Crippen LogP) is 1.26. The van der Waals surface area contributed by atoms with Crippen molar-refractivity contribution in [3.8, 4) is 0 Å². The lowest BCUT2D eigenvalue weighted by atomic mass is 10.3. The minimum absolute atomic E-state index is 0.171. The van der Waals surface area contributed by atoms with Crippen LogP contribution < -0.4 is 5.32 Å². The molecular weight excluding hydrogens is 222 g/mol. The van der Waals surface area contributed by atoms with Crippen LogP contribution in [0.2, 0.25) is 0 Å². The number of rotatable bonds is 4. The molecule has 0 spiro atoms. The molecule has 0 bridgehead atoms. The Labute approximate surface area is 101 Å². The number of ether oxygens (including phenoxy) is 1. The number of likely N-dealkylation sites (N-methyl/N-ethyl adjacent to an activating group) is 1. The third-order valence-electron chi connectivity index (χ3n) is 2.80. The molecule has 1 N–H and O–H groups in total. The molecule has 0 radical (unpaired) electrons. The van der Waals surface area contributed by atoms with Crippen LogP contribution in [0.25, 0.3) is 0 Å². The van der Waals surface area contributed by atoms with E-state index in [1.54, 1.807) is 11.3 Å². The largest absolute Gasteiger partial charge is 0.368 e. The van der Waals surface area contributed by atoms with Crippen molar-refractivity contribution < 1.29 is 4.74 Å². The van der Waals surface area contributed by atoms with E-state index >= 15 is 0 Å². The average Bonchev–Trinajstić information content (AvgIpc) is 2.78. The highest BCUT2D eigenvalue weighted by Gasteiger charge is 2.23. The number of morpholine rings is 1. The zero-order valence-electron chi connectivity index (χ0n) is 9.90. The molecule has 2 heterocycles. The van der Waals surface area contributed by atoms with E-state index in [9.17, 15) is 0 Å². The Hall–Kier alpha value is -0.490. The van der Waals surface area contributed by atoms with E-state index in [2.05, 4.69) is 22.1 Å². The van der Waals surface area contributed by atoms with Gasteiger partial charge in [-0.1, -0.05) is 6.92 Å². The number of thiazole rings is 1. The SMILES string of the molecule is CCN1CCOC(c2ncc(CNC)s2)C1. The van der Waals surface area contributed by atoms with Crippen LogP contribution in [-0.4, -0.2) is 43.2 Å². The number of hydrogen-bond acceptors (Lipinski definition) is 5. The van der Waals surface area contributed by atoms with Gasteiger partial charge in [0.05, 0.1) is 6.61 Å². The highest BCUT2D eigenvalue weighted by atomic mass is 32.1. The molecule has 90 valence electrons. The van der Waals surface area contributed by atoms with Crippen molar-refractivity contribution in [2.75, 3.05) is 33.3 Å². The Kier molecular flexibility index (Phi) is 4.29. The van der Waals surface area contributed by atoms with Crippen molar-refractivity contribution in [1.82, 2.24) is 15.2 Å². The van der Waals surface area contributed by atoms with Crippen molar-refractivity contribution in [2.24, 2.45) is 0 Å². The first kappa shape index (κ1) is 12.0. The predicted molar refractivity (Wildman–Crippen MR) is 65.7 cm³/mol. The summed E-state index contributed by atoms with van der Waals surface area (Å²) in [5.41, 5.74) is 0. The zero-order valence-corrected chi connectivity index (χ0v) is 10.7. The number of hydrogen-bond donors (Lipinski definition) is 1. The molecule has 5 heteroatoms. The van der Waals surface area contributed by atoms with Gasteiger partial charge in [-0.3, -0.25) is 4.90 Å². The summed E-state index contributed by atoms with van der Waals surface area (Å²) in [6.07, 6.45) is 2.12. The van der Waals surface area contributed by atoms with Gasteiger partial charge in [0.2, 0.25) is 0 Å². The van der Waals surface area contributed by atoms with E-state index in [-0.39, 0.29) is 6.10 Å². The lowest BCUT2D eigenvalue weighted by Gasteiger charge is -2.30. The fourth-order valence-corrected chi connectivity index (χ4v) is 2.84. The van der Waals surface area contributed by atoms with E-state index < -0.39 is 0 Å². The molecule has 2 rings (SSSR count). The second-order valence-electron chi connectivity index (χ2n) is 3.95. The van der Waals surface area contributed by atoms with Crippen LogP contribution in [-0.2, 0) is 11.3 Å². The second kappa shape index (κ2) is 5.72. The van der Waals surface area contributed by atoms with E-state index in [0.29, 0.717) is 0 Å². The van der Waals surface area contributed by atoms with Crippen LogP contribution in [0, 0.1) is 0 Å². The molecular formula is C11H19N3OS. The maximum atomic E-state index is 5.77. The molecule has 0 amide bonds. The van der Waals surface area contributed by atoms with Crippen molar-refractivity contribution in [3.05, 3.63) is 16.1 Å². The first-order valence-corrected chi connectivity index (χ1v) is 6.58. The fourth-order valence-electron chi connectivity index (χ4n) is 1.87. The fraction of sp³-hybridized carbons (Fsp3) is 0.727. The first-order valence-electron chi connectivity index (χ1n) is 5.76. The Morgan fingerprint density at radius 1 is 1.69 bits per heavy atom. The third kappa shape index (κ3) is 2.79.